The van der Waals surface area contributed by atoms with Gasteiger partial charge >= 0.3 is 5.97 Å². The Morgan fingerprint density at radius 3 is 2.46 bits per heavy atom. The predicted molar refractivity (Wildman–Crippen MR) is 102 cm³/mol. The number of nitrogens with one attached hydrogen (secondary N) is 1. The Bertz CT molecular complexity index is 1090. The molecular weight excluding hydrogens is 389 g/mol. The van der Waals surface area contributed by atoms with Crippen molar-refractivity contribution in [3.8, 4) is 11.5 Å². The first kappa shape index (κ1) is 19.4. The third-order valence-corrected chi connectivity index (χ3v) is 4.37. The standard InChI is InChI=1S/C20H15ClFNO5/c1-10(19(26)23-16-7-6-11(22)8-15(16)21)28-20(27)14-9-17(24)12-4-2-3-5-13(12)18(14)25/h2-10,24-25H,1H3,(H,23,26)/t10-/m0/s1. The Balaban J connectivity index is 1.78. The number of benzene rings is 3. The monoisotopic (exact) mass is 403 g/mol. The zero-order valence-electron chi connectivity index (χ0n) is 14.6. The first-order valence-electron chi connectivity index (χ1n) is 8.18. The van der Waals surface area contributed by atoms with Crippen LogP contribution in [0.15, 0.2) is 48.5 Å². The van der Waals surface area contributed by atoms with E-state index in [1.807, 2.05) is 0 Å². The maximum atomic E-state index is 13.1. The van der Waals surface area contributed by atoms with E-state index in [4.69, 9.17) is 16.3 Å². The van der Waals surface area contributed by atoms with Crippen molar-refractivity contribution in [3.05, 3.63) is 64.9 Å². The van der Waals surface area contributed by atoms with Crippen LogP contribution in [0.3, 0.4) is 0 Å². The molecule has 0 unspecified atom stereocenters. The van der Waals surface area contributed by atoms with Gasteiger partial charge in [-0.1, -0.05) is 35.9 Å². The molecule has 144 valence electrons. The molecule has 28 heavy (non-hydrogen) atoms. The third kappa shape index (κ3) is 3.84. The molecule has 0 saturated carbocycles. The highest BCUT2D eigenvalue weighted by Crippen LogP contribution is 2.35. The molecule has 3 aromatic rings. The van der Waals surface area contributed by atoms with Crippen molar-refractivity contribution >= 4 is 39.9 Å². The molecule has 0 aliphatic carbocycles. The van der Waals surface area contributed by atoms with Crippen molar-refractivity contribution in [2.24, 2.45) is 0 Å². The summed E-state index contributed by atoms with van der Waals surface area (Å²) in [5.41, 5.74) is -0.127. The van der Waals surface area contributed by atoms with E-state index >= 15 is 0 Å². The number of fused-ring (bicyclic) bond motifs is 1. The first-order valence-corrected chi connectivity index (χ1v) is 8.56. The molecule has 0 aliphatic heterocycles. The molecule has 0 radical (unpaired) electrons. The molecule has 0 aromatic heterocycles. The maximum Gasteiger partial charge on any atom is 0.342 e. The van der Waals surface area contributed by atoms with Crippen molar-refractivity contribution < 1.29 is 28.9 Å². The number of carbonyl (C=O) groups excluding carboxylic acids is 2. The minimum atomic E-state index is -1.25. The summed E-state index contributed by atoms with van der Waals surface area (Å²) < 4.78 is 18.2. The van der Waals surface area contributed by atoms with Gasteiger partial charge in [-0.3, -0.25) is 4.79 Å². The van der Waals surface area contributed by atoms with Crippen LogP contribution in [0.4, 0.5) is 10.1 Å². The Kier molecular flexibility index (Phi) is 5.37. The molecule has 0 heterocycles. The summed E-state index contributed by atoms with van der Waals surface area (Å²) in [5.74, 6) is -2.84. The molecule has 0 spiro atoms. The van der Waals surface area contributed by atoms with Gasteiger partial charge in [0.05, 0.1) is 10.7 Å². The third-order valence-electron chi connectivity index (χ3n) is 4.06. The smallest absolute Gasteiger partial charge is 0.342 e. The van der Waals surface area contributed by atoms with Gasteiger partial charge in [-0.05, 0) is 31.2 Å². The number of amides is 1. The predicted octanol–water partition coefficient (Wildman–Crippen LogP) is 4.23. The summed E-state index contributed by atoms with van der Waals surface area (Å²) >= 11 is 5.85. The van der Waals surface area contributed by atoms with Crippen LogP contribution in [-0.2, 0) is 9.53 Å². The Morgan fingerprint density at radius 1 is 1.11 bits per heavy atom. The summed E-state index contributed by atoms with van der Waals surface area (Å²) in [6.45, 7) is 1.32. The minimum absolute atomic E-state index is 0.0102. The highest BCUT2D eigenvalue weighted by Gasteiger charge is 2.23. The average Bonchev–Trinajstić information content (AvgIpc) is 2.66. The lowest BCUT2D eigenvalue weighted by atomic mass is 10.0. The Morgan fingerprint density at radius 2 is 1.79 bits per heavy atom. The minimum Gasteiger partial charge on any atom is -0.507 e. The Hall–Kier alpha value is -3.32. The van der Waals surface area contributed by atoms with Crippen LogP contribution >= 0.6 is 11.6 Å². The molecule has 3 N–H and O–H groups in total. The number of carbonyl (C=O) groups is 2. The second-order valence-electron chi connectivity index (χ2n) is 6.00. The van der Waals surface area contributed by atoms with Crippen LogP contribution in [0.2, 0.25) is 5.02 Å². The van der Waals surface area contributed by atoms with Crippen molar-refractivity contribution in [2.45, 2.75) is 13.0 Å². The van der Waals surface area contributed by atoms with Crippen LogP contribution in [0.25, 0.3) is 10.8 Å². The van der Waals surface area contributed by atoms with Gasteiger partial charge in [0, 0.05) is 10.8 Å². The van der Waals surface area contributed by atoms with Crippen molar-refractivity contribution in [1.82, 2.24) is 0 Å². The fraction of sp³-hybridized carbons (Fsp3) is 0.100. The quantitative estimate of drug-likeness (QED) is 0.447. The number of aromatic hydroxyl groups is 2. The van der Waals surface area contributed by atoms with Gasteiger partial charge in [0.2, 0.25) is 0 Å². The normalized spacial score (nSPS) is 11.8. The van der Waals surface area contributed by atoms with E-state index in [0.29, 0.717) is 5.39 Å². The van der Waals surface area contributed by atoms with E-state index < -0.39 is 23.8 Å². The molecule has 0 fully saturated rings. The van der Waals surface area contributed by atoms with Gasteiger partial charge in [0.1, 0.15) is 22.9 Å². The van der Waals surface area contributed by atoms with Gasteiger partial charge in [-0.15, -0.1) is 0 Å². The largest absolute Gasteiger partial charge is 0.507 e. The van der Waals surface area contributed by atoms with E-state index in [-0.39, 0.29) is 33.2 Å². The molecule has 8 heteroatoms. The first-order chi connectivity index (χ1) is 13.3. The number of ether oxygens (including phenoxy) is 1. The van der Waals surface area contributed by atoms with Crippen LogP contribution in [0.1, 0.15) is 17.3 Å². The summed E-state index contributed by atoms with van der Waals surface area (Å²) in [6.07, 6.45) is -1.25. The van der Waals surface area contributed by atoms with E-state index in [9.17, 15) is 24.2 Å². The van der Waals surface area contributed by atoms with Crippen LogP contribution < -0.4 is 5.32 Å². The van der Waals surface area contributed by atoms with Gasteiger partial charge in [0.15, 0.2) is 6.10 Å². The Labute approximate surface area is 164 Å². The van der Waals surface area contributed by atoms with Gasteiger partial charge in [-0.25, -0.2) is 9.18 Å². The highest BCUT2D eigenvalue weighted by atomic mass is 35.5. The number of rotatable bonds is 4. The number of anilines is 1. The van der Waals surface area contributed by atoms with E-state index in [2.05, 4.69) is 5.32 Å². The van der Waals surface area contributed by atoms with Crippen LogP contribution in [0, 0.1) is 5.82 Å². The van der Waals surface area contributed by atoms with E-state index in [1.165, 1.54) is 19.1 Å². The molecule has 3 aromatic carbocycles. The molecule has 1 atom stereocenters. The number of phenols is 2. The van der Waals surface area contributed by atoms with Crippen molar-refractivity contribution in [2.75, 3.05) is 5.32 Å². The van der Waals surface area contributed by atoms with Crippen LogP contribution in [0.5, 0.6) is 11.5 Å². The second kappa shape index (κ2) is 7.74. The lowest BCUT2D eigenvalue weighted by Crippen LogP contribution is -2.30. The van der Waals surface area contributed by atoms with Crippen molar-refractivity contribution in [1.29, 1.82) is 0 Å². The van der Waals surface area contributed by atoms with E-state index in [0.717, 1.165) is 18.2 Å². The SMILES string of the molecule is C[C@H](OC(=O)c1cc(O)c2ccccc2c1O)C(=O)Nc1ccc(F)cc1Cl. The fourth-order valence-corrected chi connectivity index (χ4v) is 2.81. The number of hydrogen-bond acceptors (Lipinski definition) is 5. The van der Waals surface area contributed by atoms with Gasteiger partial charge in [-0.2, -0.15) is 0 Å². The van der Waals surface area contributed by atoms with Crippen LogP contribution in [-0.4, -0.2) is 28.2 Å². The summed E-state index contributed by atoms with van der Waals surface area (Å²) in [6, 6.07) is 10.9. The lowest BCUT2D eigenvalue weighted by Gasteiger charge is -2.15. The molecule has 3 rings (SSSR count). The molecular formula is C20H15ClFNO5. The van der Waals surface area contributed by atoms with Crippen molar-refractivity contribution in [3.63, 3.8) is 0 Å². The summed E-state index contributed by atoms with van der Waals surface area (Å²) in [4.78, 5) is 24.6. The zero-order valence-corrected chi connectivity index (χ0v) is 15.3. The maximum absolute atomic E-state index is 13.1. The average molecular weight is 404 g/mol. The number of hydrogen-bond donors (Lipinski definition) is 3. The molecule has 6 nitrogen and oxygen atoms in total. The number of phenolic OH excluding ortho intramolecular Hbond substituents is 2. The molecule has 0 saturated heterocycles. The second-order valence-corrected chi connectivity index (χ2v) is 6.41. The van der Waals surface area contributed by atoms with Gasteiger partial charge in [0.25, 0.3) is 5.91 Å². The zero-order chi connectivity index (χ0) is 20.4. The number of esters is 1. The fourth-order valence-electron chi connectivity index (χ4n) is 2.60. The molecule has 0 bridgehead atoms. The molecule has 1 amide bonds. The molecule has 0 aliphatic rings. The van der Waals surface area contributed by atoms with Gasteiger partial charge < -0.3 is 20.3 Å². The van der Waals surface area contributed by atoms with E-state index in [1.54, 1.807) is 18.2 Å². The summed E-state index contributed by atoms with van der Waals surface area (Å²) in [7, 11) is 0. The topological polar surface area (TPSA) is 95.9 Å². The number of halogens is 2. The summed E-state index contributed by atoms with van der Waals surface area (Å²) in [5, 5.41) is 23.5. The highest BCUT2D eigenvalue weighted by molar-refractivity contribution is 6.33. The lowest BCUT2D eigenvalue weighted by molar-refractivity contribution is -0.123.